The van der Waals surface area contributed by atoms with E-state index in [-0.39, 0.29) is 11.6 Å². The molecular weight excluding hydrogens is 356 g/mol. The Balaban J connectivity index is 2.35. The third-order valence-corrected chi connectivity index (χ3v) is 3.37. The zero-order chi connectivity index (χ0) is 13.8. The zero-order valence-electron chi connectivity index (χ0n) is 9.81. The van der Waals surface area contributed by atoms with E-state index < -0.39 is 5.92 Å². The summed E-state index contributed by atoms with van der Waals surface area (Å²) < 4.78 is 13.8. The summed E-state index contributed by atoms with van der Waals surface area (Å²) in [6.45, 7) is 0. The zero-order valence-corrected chi connectivity index (χ0v) is 12.0. The monoisotopic (exact) mass is 365 g/mol. The Bertz CT molecular complexity index is 646. The van der Waals surface area contributed by atoms with Gasteiger partial charge in [0.1, 0.15) is 11.7 Å². The largest absolute Gasteiger partial charge is 0.292 e. The number of hydrogen-bond donors (Lipinski definition) is 0. The number of nitrogens with zero attached hydrogens (tertiary/aromatic N) is 1. The van der Waals surface area contributed by atoms with Gasteiger partial charge in [0.05, 0.1) is 6.07 Å². The molecule has 0 bridgehead atoms. The highest BCUT2D eigenvalue weighted by Gasteiger charge is 2.21. The van der Waals surface area contributed by atoms with Crippen molar-refractivity contribution in [3.63, 3.8) is 0 Å². The van der Waals surface area contributed by atoms with Crippen LogP contribution in [0.5, 0.6) is 0 Å². The molecule has 0 radical (unpaired) electrons. The average molecular weight is 365 g/mol. The van der Waals surface area contributed by atoms with Crippen LogP contribution in [-0.2, 0) is 0 Å². The van der Waals surface area contributed by atoms with Gasteiger partial charge in [0.15, 0.2) is 5.78 Å². The van der Waals surface area contributed by atoms with Gasteiger partial charge in [-0.05, 0) is 52.4 Å². The molecular formula is C15H9FINO. The lowest BCUT2D eigenvalue weighted by Crippen LogP contribution is -2.11. The third-order valence-electron chi connectivity index (χ3n) is 2.70. The molecule has 19 heavy (non-hydrogen) atoms. The molecule has 0 N–H and O–H groups in total. The van der Waals surface area contributed by atoms with Crippen LogP contribution in [0.3, 0.4) is 0 Å². The molecule has 4 heteroatoms. The first-order valence-electron chi connectivity index (χ1n) is 5.56. The van der Waals surface area contributed by atoms with Crippen LogP contribution in [0.15, 0.2) is 48.5 Å². The van der Waals surface area contributed by atoms with E-state index >= 15 is 0 Å². The van der Waals surface area contributed by atoms with Crippen molar-refractivity contribution in [2.75, 3.05) is 0 Å². The van der Waals surface area contributed by atoms with E-state index in [0.29, 0.717) is 11.1 Å². The van der Waals surface area contributed by atoms with E-state index in [9.17, 15) is 14.4 Å². The second-order valence-corrected chi connectivity index (χ2v) is 5.23. The summed E-state index contributed by atoms with van der Waals surface area (Å²) in [5.74, 6) is -1.56. The number of nitriles is 1. The van der Waals surface area contributed by atoms with Crippen molar-refractivity contribution in [1.82, 2.24) is 0 Å². The van der Waals surface area contributed by atoms with Crippen LogP contribution in [-0.4, -0.2) is 5.78 Å². The number of ketones is 1. The summed E-state index contributed by atoms with van der Waals surface area (Å²) in [7, 11) is 0. The molecule has 94 valence electrons. The molecule has 2 aromatic carbocycles. The van der Waals surface area contributed by atoms with Crippen LogP contribution in [0.2, 0.25) is 0 Å². The summed E-state index contributed by atoms with van der Waals surface area (Å²) in [5.41, 5.74) is 0.996. The minimum atomic E-state index is -0.904. The highest BCUT2D eigenvalue weighted by atomic mass is 127. The Kier molecular flexibility index (Phi) is 4.27. The van der Waals surface area contributed by atoms with E-state index in [0.717, 1.165) is 3.57 Å². The molecule has 0 aliphatic rings. The fraction of sp³-hybridized carbons (Fsp3) is 0.0667. The Morgan fingerprint density at radius 2 is 1.89 bits per heavy atom. The molecule has 0 heterocycles. The van der Waals surface area contributed by atoms with E-state index in [1.165, 1.54) is 24.3 Å². The third kappa shape index (κ3) is 3.18. The lowest BCUT2D eigenvalue weighted by molar-refractivity contribution is 0.0979. The van der Waals surface area contributed by atoms with Gasteiger partial charge in [-0.2, -0.15) is 5.26 Å². The molecule has 0 spiro atoms. The molecule has 0 fully saturated rings. The lowest BCUT2D eigenvalue weighted by Gasteiger charge is -2.08. The first-order valence-corrected chi connectivity index (χ1v) is 6.64. The van der Waals surface area contributed by atoms with Crippen molar-refractivity contribution in [2.45, 2.75) is 5.92 Å². The summed E-state index contributed by atoms with van der Waals surface area (Å²) >= 11 is 2.11. The molecule has 0 saturated carbocycles. The minimum Gasteiger partial charge on any atom is -0.292 e. The predicted molar refractivity (Wildman–Crippen MR) is 78.2 cm³/mol. The first-order chi connectivity index (χ1) is 9.11. The second-order valence-electron chi connectivity index (χ2n) is 3.99. The maximum Gasteiger partial charge on any atom is 0.184 e. The van der Waals surface area contributed by atoms with Gasteiger partial charge in [0.2, 0.25) is 0 Å². The van der Waals surface area contributed by atoms with Crippen molar-refractivity contribution in [1.29, 1.82) is 5.26 Å². The number of halogens is 2. The van der Waals surface area contributed by atoms with Crippen molar-refractivity contribution in [3.8, 4) is 6.07 Å². The Morgan fingerprint density at radius 3 is 2.47 bits per heavy atom. The summed E-state index contributed by atoms with van der Waals surface area (Å²) in [6, 6.07) is 14.5. The van der Waals surface area contributed by atoms with Crippen LogP contribution in [0.25, 0.3) is 0 Å². The summed E-state index contributed by atoms with van der Waals surface area (Å²) in [6.07, 6.45) is 0. The van der Waals surface area contributed by atoms with Gasteiger partial charge in [-0.3, -0.25) is 4.79 Å². The fourth-order valence-electron chi connectivity index (χ4n) is 1.75. The van der Waals surface area contributed by atoms with Gasteiger partial charge in [0, 0.05) is 9.13 Å². The molecule has 0 aromatic heterocycles. The molecule has 0 aliphatic carbocycles. The van der Waals surface area contributed by atoms with Gasteiger partial charge in [-0.25, -0.2) is 4.39 Å². The van der Waals surface area contributed by atoms with Crippen LogP contribution < -0.4 is 0 Å². The Morgan fingerprint density at radius 1 is 1.21 bits per heavy atom. The quantitative estimate of drug-likeness (QED) is 0.611. The fourth-order valence-corrected chi connectivity index (χ4v) is 2.29. The number of rotatable bonds is 3. The summed E-state index contributed by atoms with van der Waals surface area (Å²) in [4.78, 5) is 12.3. The number of carbonyl (C=O) groups excluding carboxylic acids is 1. The van der Waals surface area contributed by atoms with E-state index in [1.807, 2.05) is 12.1 Å². The van der Waals surface area contributed by atoms with Gasteiger partial charge in [-0.15, -0.1) is 0 Å². The van der Waals surface area contributed by atoms with Crippen LogP contribution in [0, 0.1) is 20.7 Å². The molecule has 0 amide bonds. The van der Waals surface area contributed by atoms with E-state index in [4.69, 9.17) is 0 Å². The predicted octanol–water partition coefficient (Wildman–Crippen LogP) is 3.92. The highest BCUT2D eigenvalue weighted by Crippen LogP contribution is 2.21. The van der Waals surface area contributed by atoms with E-state index in [2.05, 4.69) is 22.6 Å². The molecule has 2 nitrogen and oxygen atoms in total. The van der Waals surface area contributed by atoms with Gasteiger partial charge in [-0.1, -0.05) is 24.3 Å². The van der Waals surface area contributed by atoms with Gasteiger partial charge in [0.25, 0.3) is 0 Å². The average Bonchev–Trinajstić information content (AvgIpc) is 2.41. The molecule has 1 atom stereocenters. The smallest absolute Gasteiger partial charge is 0.184 e. The normalized spacial score (nSPS) is 11.6. The van der Waals surface area contributed by atoms with Crippen molar-refractivity contribution in [3.05, 3.63) is 69.0 Å². The van der Waals surface area contributed by atoms with Crippen molar-refractivity contribution in [2.24, 2.45) is 0 Å². The topological polar surface area (TPSA) is 40.9 Å². The van der Waals surface area contributed by atoms with Crippen LogP contribution >= 0.6 is 22.6 Å². The molecule has 0 aliphatic heterocycles. The molecule has 1 unspecified atom stereocenters. The van der Waals surface area contributed by atoms with E-state index in [1.54, 1.807) is 18.2 Å². The van der Waals surface area contributed by atoms with Crippen molar-refractivity contribution < 1.29 is 9.18 Å². The van der Waals surface area contributed by atoms with Crippen LogP contribution in [0.1, 0.15) is 21.8 Å². The lowest BCUT2D eigenvalue weighted by atomic mass is 9.92. The Hall–Kier alpha value is -1.74. The number of benzene rings is 2. The molecule has 2 aromatic rings. The Labute approximate surface area is 124 Å². The highest BCUT2D eigenvalue weighted by molar-refractivity contribution is 14.1. The number of hydrogen-bond acceptors (Lipinski definition) is 2. The second kappa shape index (κ2) is 5.93. The van der Waals surface area contributed by atoms with Crippen LogP contribution in [0.4, 0.5) is 4.39 Å². The van der Waals surface area contributed by atoms with Gasteiger partial charge < -0.3 is 0 Å². The maximum atomic E-state index is 12.9. The molecule has 2 rings (SSSR count). The summed E-state index contributed by atoms with van der Waals surface area (Å²) in [5, 5.41) is 9.18. The SMILES string of the molecule is N#CC(C(=O)c1cccc(I)c1)c1ccc(F)cc1. The standard InChI is InChI=1S/C15H9FINO/c16-12-6-4-10(5-7-12)14(9-18)15(19)11-2-1-3-13(17)8-11/h1-8,14H. The maximum absolute atomic E-state index is 12.9. The van der Waals surface area contributed by atoms with Crippen molar-refractivity contribution >= 4 is 28.4 Å². The van der Waals surface area contributed by atoms with Gasteiger partial charge >= 0.3 is 0 Å². The number of Topliss-reactive ketones (excluding diaryl/α,β-unsaturated/α-hetero) is 1. The molecule has 0 saturated heterocycles. The minimum absolute atomic E-state index is 0.271. The first kappa shape index (κ1) is 13.7. The number of carbonyl (C=O) groups is 1.